The number of nitrogens with zero attached hydrogens (tertiary/aromatic N) is 4. The fourth-order valence-electron chi connectivity index (χ4n) is 4.82. The number of alkyl halides is 3. The fourth-order valence-corrected chi connectivity index (χ4v) is 4.82. The molecule has 39 heavy (non-hydrogen) atoms. The van der Waals surface area contributed by atoms with Crippen molar-refractivity contribution in [2.75, 3.05) is 19.1 Å². The summed E-state index contributed by atoms with van der Waals surface area (Å²) in [6, 6.07) is 11.3. The Balaban J connectivity index is 1.63. The quantitative estimate of drug-likeness (QED) is 0.373. The van der Waals surface area contributed by atoms with Gasteiger partial charge >= 0.3 is 6.18 Å². The molecule has 1 aromatic heterocycles. The summed E-state index contributed by atoms with van der Waals surface area (Å²) >= 11 is 0. The second-order valence-corrected chi connectivity index (χ2v) is 9.56. The topological polar surface area (TPSA) is 67.7 Å². The number of ether oxygens (including phenoxy) is 1. The minimum absolute atomic E-state index is 0.0436. The van der Waals surface area contributed by atoms with Crippen molar-refractivity contribution >= 4 is 17.5 Å². The monoisotopic (exact) mass is 546 g/mol. The largest absolute Gasteiger partial charge is 0.497 e. The predicted molar refractivity (Wildman–Crippen MR) is 137 cm³/mol. The third-order valence-electron chi connectivity index (χ3n) is 7.01. The van der Waals surface area contributed by atoms with Crippen LogP contribution in [0, 0.1) is 5.82 Å². The van der Waals surface area contributed by atoms with Gasteiger partial charge in [0.2, 0.25) is 11.8 Å². The highest BCUT2D eigenvalue weighted by atomic mass is 19.4. The third kappa shape index (κ3) is 6.23. The number of aromatic nitrogens is 2. The summed E-state index contributed by atoms with van der Waals surface area (Å²) in [7, 11) is 3.10. The standard InChI is InChI=1S/C28H30F4N4O3/c1-18(27(38)34(2)21-12-14-22(39-3)15-13-21)35(16-19-8-10-20(29)11-9-19)25(37)17-36-24-7-5-4-6-23(24)26(33-36)28(30,31)32/h8-15,18H,4-7,16-17H2,1-3H3. The average molecular weight is 547 g/mol. The number of carbonyl (C=O) groups excluding carboxylic acids is 2. The minimum Gasteiger partial charge on any atom is -0.497 e. The summed E-state index contributed by atoms with van der Waals surface area (Å²) in [5.74, 6) is -0.827. The summed E-state index contributed by atoms with van der Waals surface area (Å²) < 4.78 is 60.8. The van der Waals surface area contributed by atoms with E-state index in [1.54, 1.807) is 38.2 Å². The number of likely N-dealkylation sites (N-methyl/N-ethyl adjacent to an activating group) is 1. The zero-order chi connectivity index (χ0) is 28.3. The molecule has 1 aliphatic rings. The van der Waals surface area contributed by atoms with E-state index < -0.39 is 42.1 Å². The Morgan fingerprint density at radius 3 is 2.31 bits per heavy atom. The molecular formula is C28H30F4N4O3. The molecule has 0 radical (unpaired) electrons. The van der Waals surface area contributed by atoms with Crippen LogP contribution in [0.5, 0.6) is 5.75 Å². The lowest BCUT2D eigenvalue weighted by Gasteiger charge is -2.32. The fraction of sp³-hybridized carbons (Fsp3) is 0.393. The summed E-state index contributed by atoms with van der Waals surface area (Å²) in [6.45, 7) is 1.06. The molecule has 4 rings (SSSR count). The van der Waals surface area contributed by atoms with Gasteiger partial charge in [-0.2, -0.15) is 18.3 Å². The summed E-state index contributed by atoms with van der Waals surface area (Å²) in [5.41, 5.74) is 0.708. The Morgan fingerprint density at radius 1 is 1.05 bits per heavy atom. The van der Waals surface area contributed by atoms with Crippen molar-refractivity contribution in [1.29, 1.82) is 0 Å². The molecule has 0 saturated carbocycles. The lowest BCUT2D eigenvalue weighted by atomic mass is 9.95. The van der Waals surface area contributed by atoms with Gasteiger partial charge in [-0.3, -0.25) is 14.3 Å². The van der Waals surface area contributed by atoms with Gasteiger partial charge in [0.05, 0.1) is 7.11 Å². The number of carbonyl (C=O) groups is 2. The lowest BCUT2D eigenvalue weighted by molar-refractivity contribution is -0.143. The Morgan fingerprint density at radius 2 is 1.69 bits per heavy atom. The van der Waals surface area contributed by atoms with Crippen LogP contribution in [0.3, 0.4) is 0 Å². The Kier molecular flexibility index (Phi) is 8.27. The summed E-state index contributed by atoms with van der Waals surface area (Å²) in [4.78, 5) is 29.8. The van der Waals surface area contributed by atoms with E-state index in [4.69, 9.17) is 4.74 Å². The number of hydrogen-bond acceptors (Lipinski definition) is 4. The van der Waals surface area contributed by atoms with E-state index in [0.29, 0.717) is 42.0 Å². The molecule has 0 saturated heterocycles. The van der Waals surface area contributed by atoms with E-state index in [0.717, 1.165) is 4.68 Å². The molecule has 2 aromatic carbocycles. The first kappa shape index (κ1) is 28.1. The van der Waals surface area contributed by atoms with Crippen molar-refractivity contribution in [3.8, 4) is 5.75 Å². The van der Waals surface area contributed by atoms with Crippen molar-refractivity contribution in [3.05, 3.63) is 76.9 Å². The number of anilines is 1. The molecule has 0 spiro atoms. The van der Waals surface area contributed by atoms with Gasteiger partial charge in [-0.1, -0.05) is 12.1 Å². The number of fused-ring (bicyclic) bond motifs is 1. The Hall–Kier alpha value is -3.89. The molecule has 208 valence electrons. The average Bonchev–Trinajstić information content (AvgIpc) is 3.30. The van der Waals surface area contributed by atoms with Crippen LogP contribution in [-0.2, 0) is 41.7 Å². The van der Waals surface area contributed by atoms with E-state index in [1.165, 1.54) is 41.2 Å². The molecule has 11 heteroatoms. The van der Waals surface area contributed by atoms with Crippen LogP contribution >= 0.6 is 0 Å². The number of benzene rings is 2. The van der Waals surface area contributed by atoms with Crippen LogP contribution in [-0.4, -0.2) is 46.7 Å². The zero-order valence-electron chi connectivity index (χ0n) is 22.0. The number of halogens is 4. The number of rotatable bonds is 8. The van der Waals surface area contributed by atoms with Gasteiger partial charge in [0.15, 0.2) is 5.69 Å². The van der Waals surface area contributed by atoms with Crippen molar-refractivity contribution in [2.45, 2.75) is 57.9 Å². The van der Waals surface area contributed by atoms with Gasteiger partial charge in [0.1, 0.15) is 24.2 Å². The molecule has 0 fully saturated rings. The lowest BCUT2D eigenvalue weighted by Crippen LogP contribution is -2.49. The van der Waals surface area contributed by atoms with Crippen molar-refractivity contribution in [1.82, 2.24) is 14.7 Å². The van der Waals surface area contributed by atoms with Crippen molar-refractivity contribution in [3.63, 3.8) is 0 Å². The molecule has 1 aliphatic carbocycles. The molecule has 0 aliphatic heterocycles. The van der Waals surface area contributed by atoms with E-state index in [9.17, 15) is 27.2 Å². The number of methoxy groups -OCH3 is 1. The first-order valence-corrected chi connectivity index (χ1v) is 12.6. The third-order valence-corrected chi connectivity index (χ3v) is 7.01. The van der Waals surface area contributed by atoms with Crippen LogP contribution in [0.25, 0.3) is 0 Å². The van der Waals surface area contributed by atoms with Gasteiger partial charge < -0.3 is 14.5 Å². The SMILES string of the molecule is COc1ccc(N(C)C(=O)C(C)N(Cc2ccc(F)cc2)C(=O)Cn2nc(C(F)(F)F)c3c2CCCC3)cc1. The van der Waals surface area contributed by atoms with Crippen LogP contribution in [0.15, 0.2) is 48.5 Å². The van der Waals surface area contributed by atoms with Gasteiger partial charge in [-0.05, 0) is 74.6 Å². The minimum atomic E-state index is -4.63. The molecule has 0 bridgehead atoms. The first-order valence-electron chi connectivity index (χ1n) is 12.6. The molecule has 1 unspecified atom stereocenters. The highest BCUT2D eigenvalue weighted by Gasteiger charge is 2.40. The van der Waals surface area contributed by atoms with Crippen LogP contribution in [0.1, 0.15) is 42.3 Å². The van der Waals surface area contributed by atoms with Crippen LogP contribution in [0.4, 0.5) is 23.2 Å². The zero-order valence-corrected chi connectivity index (χ0v) is 22.0. The Bertz CT molecular complexity index is 1320. The van der Waals surface area contributed by atoms with Gasteiger partial charge in [0.25, 0.3) is 0 Å². The Labute approximate surface area is 224 Å². The van der Waals surface area contributed by atoms with Crippen molar-refractivity contribution < 1.29 is 31.9 Å². The molecule has 0 N–H and O–H groups in total. The van der Waals surface area contributed by atoms with Gasteiger partial charge in [-0.25, -0.2) is 4.39 Å². The highest BCUT2D eigenvalue weighted by Crippen LogP contribution is 2.36. The molecule has 7 nitrogen and oxygen atoms in total. The summed E-state index contributed by atoms with van der Waals surface area (Å²) in [5, 5.41) is 3.79. The van der Waals surface area contributed by atoms with Crippen LogP contribution in [0.2, 0.25) is 0 Å². The van der Waals surface area contributed by atoms with Crippen molar-refractivity contribution in [2.24, 2.45) is 0 Å². The summed E-state index contributed by atoms with van der Waals surface area (Å²) in [6.07, 6.45) is -2.67. The highest BCUT2D eigenvalue weighted by molar-refractivity contribution is 5.98. The molecular weight excluding hydrogens is 516 g/mol. The maximum atomic E-state index is 13.7. The molecule has 1 heterocycles. The van der Waals surface area contributed by atoms with Gasteiger partial charge in [0, 0.05) is 30.5 Å². The molecule has 3 aromatic rings. The number of amides is 2. The van der Waals surface area contributed by atoms with E-state index in [-0.39, 0.29) is 18.5 Å². The van der Waals surface area contributed by atoms with Crippen LogP contribution < -0.4 is 9.64 Å². The second kappa shape index (κ2) is 11.5. The molecule has 1 atom stereocenters. The smallest absolute Gasteiger partial charge is 0.435 e. The van der Waals surface area contributed by atoms with E-state index in [1.807, 2.05) is 0 Å². The van der Waals surface area contributed by atoms with E-state index in [2.05, 4.69) is 5.10 Å². The first-order chi connectivity index (χ1) is 18.5. The molecule has 2 amide bonds. The van der Waals surface area contributed by atoms with E-state index >= 15 is 0 Å². The predicted octanol–water partition coefficient (Wildman–Crippen LogP) is 5.01. The maximum absolute atomic E-state index is 13.7. The second-order valence-electron chi connectivity index (χ2n) is 9.56. The van der Waals surface area contributed by atoms with Gasteiger partial charge in [-0.15, -0.1) is 0 Å². The normalized spacial score (nSPS) is 13.9. The maximum Gasteiger partial charge on any atom is 0.435 e. The number of hydrogen-bond donors (Lipinski definition) is 0.